The van der Waals surface area contributed by atoms with Crippen molar-refractivity contribution in [2.45, 2.75) is 50.8 Å². The van der Waals surface area contributed by atoms with Gasteiger partial charge in [0.15, 0.2) is 5.65 Å². The fourth-order valence-electron chi connectivity index (χ4n) is 7.70. The third-order valence-electron chi connectivity index (χ3n) is 10.6. The fraction of sp³-hybridized carbons (Fsp3) is 0.325. The minimum absolute atomic E-state index is 0.0421. The number of amides is 1. The molecule has 11 nitrogen and oxygen atoms in total. The summed E-state index contributed by atoms with van der Waals surface area (Å²) in [5.41, 5.74) is 2.95. The molecular formula is C40H41N7O4S. The van der Waals surface area contributed by atoms with Crippen molar-refractivity contribution in [3.8, 4) is 22.0 Å². The van der Waals surface area contributed by atoms with Gasteiger partial charge in [0.1, 0.15) is 17.1 Å². The molecule has 2 saturated heterocycles. The zero-order chi connectivity index (χ0) is 35.8. The molecule has 52 heavy (non-hydrogen) atoms. The van der Waals surface area contributed by atoms with Gasteiger partial charge < -0.3 is 19.7 Å². The van der Waals surface area contributed by atoms with Gasteiger partial charge in [-0.05, 0) is 68.6 Å². The van der Waals surface area contributed by atoms with Crippen molar-refractivity contribution in [2.75, 3.05) is 26.2 Å². The van der Waals surface area contributed by atoms with E-state index in [2.05, 4.69) is 38.1 Å². The largest absolute Gasteiger partial charge is 0.508 e. The van der Waals surface area contributed by atoms with E-state index in [9.17, 15) is 19.8 Å². The van der Waals surface area contributed by atoms with Crippen LogP contribution in [-0.4, -0.2) is 81.8 Å². The molecule has 2 atom stereocenters. The number of phenolic OH excluding ortho intramolecular Hbond substituents is 1. The van der Waals surface area contributed by atoms with Crippen molar-refractivity contribution in [1.82, 2.24) is 33.9 Å². The second-order valence-corrected chi connectivity index (χ2v) is 15.3. The number of piperidine rings is 2. The lowest BCUT2D eigenvalue weighted by Crippen LogP contribution is -2.53. The Kier molecular flexibility index (Phi) is 9.20. The zero-order valence-corrected chi connectivity index (χ0v) is 29.8. The molecule has 2 aliphatic heterocycles. The number of aryl methyl sites for hydroxylation is 1. The molecule has 0 radical (unpaired) electrons. The average Bonchev–Trinajstić information content (AvgIpc) is 3.82. The molecule has 0 saturated carbocycles. The Balaban J connectivity index is 0.929. The molecule has 6 aromatic rings. The zero-order valence-electron chi connectivity index (χ0n) is 29.0. The van der Waals surface area contributed by atoms with E-state index in [0.29, 0.717) is 42.7 Å². The predicted octanol–water partition coefficient (Wildman–Crippen LogP) is 5.38. The molecule has 2 fully saturated rings. The van der Waals surface area contributed by atoms with Crippen LogP contribution < -0.4 is 5.56 Å². The molecule has 0 spiro atoms. The SMILES string of the molecule is Cc1ccc(-c2ncc(CN3CC[C@@H](C(=O)N4CCC(O)(Cn5cnc6c(ccn6-c6cccc(O)c6)c5=O)CC4)[C@H](c4ccccc4)C3)s2)cn1. The van der Waals surface area contributed by atoms with Crippen LogP contribution in [0.15, 0.2) is 103 Å². The van der Waals surface area contributed by atoms with Crippen LogP contribution >= 0.6 is 11.3 Å². The monoisotopic (exact) mass is 715 g/mol. The van der Waals surface area contributed by atoms with Gasteiger partial charge in [0, 0.05) is 78.8 Å². The number of aromatic hydroxyl groups is 1. The summed E-state index contributed by atoms with van der Waals surface area (Å²) in [7, 11) is 0. The number of fused-ring (bicyclic) bond motifs is 1. The third-order valence-corrected chi connectivity index (χ3v) is 11.6. The van der Waals surface area contributed by atoms with Gasteiger partial charge in [-0.3, -0.25) is 24.0 Å². The molecule has 8 rings (SSSR count). The van der Waals surface area contributed by atoms with Gasteiger partial charge >= 0.3 is 0 Å². The maximum absolute atomic E-state index is 14.2. The van der Waals surface area contributed by atoms with Crippen LogP contribution in [0.25, 0.3) is 27.3 Å². The second-order valence-electron chi connectivity index (χ2n) is 14.1. The number of pyridine rings is 1. The molecule has 12 heteroatoms. The first-order valence-corrected chi connectivity index (χ1v) is 18.6. The van der Waals surface area contributed by atoms with Crippen LogP contribution in [0.4, 0.5) is 0 Å². The molecule has 0 unspecified atom stereocenters. The lowest BCUT2D eigenvalue weighted by Gasteiger charge is -2.43. The summed E-state index contributed by atoms with van der Waals surface area (Å²) in [4.78, 5) is 46.9. The minimum atomic E-state index is -1.14. The second kappa shape index (κ2) is 14.1. The first kappa shape index (κ1) is 33.9. The highest BCUT2D eigenvalue weighted by molar-refractivity contribution is 7.15. The summed E-state index contributed by atoms with van der Waals surface area (Å²) in [5, 5.41) is 23.0. The van der Waals surface area contributed by atoms with E-state index < -0.39 is 5.60 Å². The summed E-state index contributed by atoms with van der Waals surface area (Å²) in [5.74, 6) is 0.139. The molecule has 0 bridgehead atoms. The number of hydrogen-bond acceptors (Lipinski definition) is 9. The average molecular weight is 716 g/mol. The Morgan fingerprint density at radius 3 is 2.56 bits per heavy atom. The van der Waals surface area contributed by atoms with Gasteiger partial charge in [-0.15, -0.1) is 11.3 Å². The van der Waals surface area contributed by atoms with Crippen LogP contribution in [0.1, 0.15) is 41.3 Å². The highest BCUT2D eigenvalue weighted by atomic mass is 32.1. The van der Waals surface area contributed by atoms with E-state index in [4.69, 9.17) is 0 Å². The van der Waals surface area contributed by atoms with Crippen molar-refractivity contribution in [2.24, 2.45) is 5.92 Å². The van der Waals surface area contributed by atoms with Gasteiger partial charge in [-0.1, -0.05) is 36.4 Å². The lowest BCUT2D eigenvalue weighted by atomic mass is 9.79. The maximum atomic E-state index is 14.2. The summed E-state index contributed by atoms with van der Waals surface area (Å²) in [6.45, 7) is 5.27. The third kappa shape index (κ3) is 6.89. The van der Waals surface area contributed by atoms with E-state index in [1.165, 1.54) is 15.8 Å². The standard InChI is InChI=1S/C40H41N7O4S/c1-27-10-11-29(21-41-27)37-42-22-32(52-37)23-44-16-12-33(35(24-44)28-6-3-2-4-7-28)38(49)45-18-14-40(51,15-19-45)25-46-26-43-36-34(39(46)50)13-17-47(36)30-8-5-9-31(48)20-30/h2-11,13,17,20-22,26,33,35,48,51H,12,14-16,18-19,23-25H2,1H3/t33-,35+/m1/s1. The number of phenols is 1. The molecule has 2 aromatic carbocycles. The number of nitrogens with zero attached hydrogens (tertiary/aromatic N) is 7. The summed E-state index contributed by atoms with van der Waals surface area (Å²) in [6.07, 6.45) is 8.54. The number of likely N-dealkylation sites (tertiary alicyclic amines) is 2. The Labute approximate surface area is 305 Å². The first-order valence-electron chi connectivity index (χ1n) is 17.8. The number of aromatic nitrogens is 5. The summed E-state index contributed by atoms with van der Waals surface area (Å²) >= 11 is 1.69. The van der Waals surface area contributed by atoms with Gasteiger partial charge in [0.25, 0.3) is 5.56 Å². The smallest absolute Gasteiger partial charge is 0.262 e. The van der Waals surface area contributed by atoms with Crippen LogP contribution in [-0.2, 0) is 17.9 Å². The highest BCUT2D eigenvalue weighted by Crippen LogP contribution is 2.37. The molecule has 2 aliphatic rings. The van der Waals surface area contributed by atoms with E-state index in [1.807, 2.05) is 54.5 Å². The molecule has 4 aromatic heterocycles. The van der Waals surface area contributed by atoms with E-state index in [0.717, 1.165) is 47.9 Å². The number of benzene rings is 2. The molecule has 266 valence electrons. The Morgan fingerprint density at radius 1 is 0.962 bits per heavy atom. The number of aliphatic hydroxyl groups is 1. The quantitative estimate of drug-likeness (QED) is 0.215. The summed E-state index contributed by atoms with van der Waals surface area (Å²) in [6, 6.07) is 22.9. The van der Waals surface area contributed by atoms with E-state index >= 15 is 0 Å². The highest BCUT2D eigenvalue weighted by Gasteiger charge is 2.41. The van der Waals surface area contributed by atoms with E-state index in [-0.39, 0.29) is 35.6 Å². The fourth-order valence-corrected chi connectivity index (χ4v) is 8.64. The number of rotatable bonds is 8. The molecule has 6 heterocycles. The van der Waals surface area contributed by atoms with Crippen LogP contribution in [0.5, 0.6) is 5.75 Å². The predicted molar refractivity (Wildman–Crippen MR) is 200 cm³/mol. The normalized spacial score (nSPS) is 19.2. The van der Waals surface area contributed by atoms with Gasteiger partial charge in [-0.25, -0.2) is 9.97 Å². The molecule has 0 aliphatic carbocycles. The number of thiazole rings is 1. The van der Waals surface area contributed by atoms with Crippen molar-refractivity contribution < 1.29 is 15.0 Å². The molecule has 1 amide bonds. The molecule has 2 N–H and O–H groups in total. The van der Waals surface area contributed by atoms with Crippen molar-refractivity contribution in [1.29, 1.82) is 0 Å². The van der Waals surface area contributed by atoms with Gasteiger partial charge in [-0.2, -0.15) is 0 Å². The number of hydrogen-bond donors (Lipinski definition) is 2. The first-order chi connectivity index (χ1) is 25.2. The van der Waals surface area contributed by atoms with Crippen LogP contribution in [0.3, 0.4) is 0 Å². The topological polar surface area (TPSA) is 130 Å². The number of carbonyl (C=O) groups is 1. The minimum Gasteiger partial charge on any atom is -0.508 e. The van der Waals surface area contributed by atoms with Crippen LogP contribution in [0.2, 0.25) is 0 Å². The lowest BCUT2D eigenvalue weighted by molar-refractivity contribution is -0.142. The van der Waals surface area contributed by atoms with E-state index in [1.54, 1.807) is 46.4 Å². The van der Waals surface area contributed by atoms with Crippen molar-refractivity contribution >= 4 is 28.3 Å². The van der Waals surface area contributed by atoms with Gasteiger partial charge in [0.05, 0.1) is 23.2 Å². The maximum Gasteiger partial charge on any atom is 0.262 e. The van der Waals surface area contributed by atoms with Crippen molar-refractivity contribution in [3.63, 3.8) is 0 Å². The Bertz CT molecular complexity index is 2260. The Hall–Kier alpha value is -5.17. The molecular weight excluding hydrogens is 675 g/mol. The number of carbonyl (C=O) groups excluding carboxylic acids is 1. The van der Waals surface area contributed by atoms with Crippen LogP contribution in [0, 0.1) is 12.8 Å². The van der Waals surface area contributed by atoms with Crippen molar-refractivity contribution in [3.05, 3.63) is 124 Å². The van der Waals surface area contributed by atoms with Gasteiger partial charge in [0.2, 0.25) is 5.91 Å². The Morgan fingerprint density at radius 2 is 1.79 bits per heavy atom. The summed E-state index contributed by atoms with van der Waals surface area (Å²) < 4.78 is 3.23.